The fourth-order valence-corrected chi connectivity index (χ4v) is 4.92. The Hall–Kier alpha value is -2.77. The highest BCUT2D eigenvalue weighted by atomic mass is 35.5. The molecule has 0 aliphatic carbocycles. The van der Waals surface area contributed by atoms with E-state index in [1.807, 2.05) is 0 Å². The van der Waals surface area contributed by atoms with Gasteiger partial charge in [-0.2, -0.15) is 13.2 Å². The number of fused-ring (bicyclic) bond motifs is 1. The van der Waals surface area contributed by atoms with Crippen LogP contribution in [-0.2, 0) is 15.7 Å². The number of amides is 3. The first-order valence-electron chi connectivity index (χ1n) is 12.4. The molecule has 1 aromatic rings. The van der Waals surface area contributed by atoms with E-state index in [-0.39, 0.29) is 55.6 Å². The number of methoxy groups -OCH3 is 1. The van der Waals surface area contributed by atoms with Crippen LogP contribution in [-0.4, -0.2) is 97.4 Å². The second-order valence-electron chi connectivity index (χ2n) is 10.1. The van der Waals surface area contributed by atoms with Gasteiger partial charge in [0.25, 0.3) is 11.8 Å². The fraction of sp³-hybridized carbons (Fsp3) is 0.640. The molecule has 1 fully saturated rings. The summed E-state index contributed by atoms with van der Waals surface area (Å²) in [5, 5.41) is 12.4. The molecule has 0 aromatic heterocycles. The SMILES string of the molecule is COCC1(C)Oc2cc(C(F)(F)F)c(C(=O)N(C(C)C)[C@@H]3CCCNC3)cc2N(CCN(C)C(=O)O)C1=O.Cl. The number of benzene rings is 1. The van der Waals surface area contributed by atoms with Crippen molar-refractivity contribution in [3.63, 3.8) is 0 Å². The summed E-state index contributed by atoms with van der Waals surface area (Å²) >= 11 is 0. The zero-order chi connectivity index (χ0) is 28.4. The summed E-state index contributed by atoms with van der Waals surface area (Å²) in [5.74, 6) is -1.67. The number of piperidine rings is 1. The van der Waals surface area contributed by atoms with Gasteiger partial charge >= 0.3 is 12.3 Å². The van der Waals surface area contributed by atoms with Gasteiger partial charge in [0.2, 0.25) is 5.60 Å². The van der Waals surface area contributed by atoms with Crippen molar-refractivity contribution in [2.24, 2.45) is 0 Å². The molecule has 1 saturated heterocycles. The number of ether oxygens (including phenoxy) is 2. The van der Waals surface area contributed by atoms with Gasteiger partial charge < -0.3 is 34.6 Å². The smallest absolute Gasteiger partial charge is 0.417 e. The minimum absolute atomic E-state index is 0. The third-order valence-electron chi connectivity index (χ3n) is 6.82. The molecule has 0 radical (unpaired) electrons. The lowest BCUT2D eigenvalue weighted by atomic mass is 9.96. The molecule has 2 aliphatic heterocycles. The number of alkyl halides is 3. The Morgan fingerprint density at radius 3 is 2.51 bits per heavy atom. The number of hydrogen-bond donors (Lipinski definition) is 2. The van der Waals surface area contributed by atoms with Crippen molar-refractivity contribution in [3.8, 4) is 5.75 Å². The van der Waals surface area contributed by atoms with E-state index in [1.54, 1.807) is 13.8 Å². The Balaban J connectivity index is 0.00000533. The molecule has 1 aromatic carbocycles. The van der Waals surface area contributed by atoms with Gasteiger partial charge in [0, 0.05) is 45.9 Å². The maximum absolute atomic E-state index is 14.3. The Kier molecular flexibility index (Phi) is 10.5. The number of carboxylic acid groups (broad SMARTS) is 1. The largest absolute Gasteiger partial charge is 0.473 e. The van der Waals surface area contributed by atoms with Crippen molar-refractivity contribution in [3.05, 3.63) is 23.3 Å². The van der Waals surface area contributed by atoms with Crippen LogP contribution in [0.25, 0.3) is 0 Å². The summed E-state index contributed by atoms with van der Waals surface area (Å²) in [6.07, 6.45) is -4.69. The topological polar surface area (TPSA) is 112 Å². The van der Waals surface area contributed by atoms with Gasteiger partial charge in [0.1, 0.15) is 5.75 Å². The molecule has 10 nitrogen and oxygen atoms in total. The maximum Gasteiger partial charge on any atom is 0.417 e. The van der Waals surface area contributed by atoms with Crippen LogP contribution >= 0.6 is 12.4 Å². The quantitative estimate of drug-likeness (QED) is 0.484. The van der Waals surface area contributed by atoms with E-state index in [0.717, 1.165) is 34.9 Å². The molecule has 39 heavy (non-hydrogen) atoms. The van der Waals surface area contributed by atoms with Gasteiger partial charge in [-0.1, -0.05) is 0 Å². The number of halogens is 4. The van der Waals surface area contributed by atoms with Crippen LogP contribution in [0.15, 0.2) is 12.1 Å². The summed E-state index contributed by atoms with van der Waals surface area (Å²) < 4.78 is 53.9. The maximum atomic E-state index is 14.3. The number of hydrogen-bond acceptors (Lipinski definition) is 6. The molecule has 220 valence electrons. The van der Waals surface area contributed by atoms with Gasteiger partial charge in [0.15, 0.2) is 0 Å². The van der Waals surface area contributed by atoms with Gasteiger partial charge in [-0.15, -0.1) is 12.4 Å². The molecule has 3 amide bonds. The third-order valence-corrected chi connectivity index (χ3v) is 6.82. The Morgan fingerprint density at radius 1 is 1.33 bits per heavy atom. The lowest BCUT2D eigenvalue weighted by Gasteiger charge is -2.42. The van der Waals surface area contributed by atoms with E-state index in [9.17, 15) is 32.7 Å². The van der Waals surface area contributed by atoms with E-state index in [1.165, 1.54) is 26.0 Å². The third kappa shape index (κ3) is 6.87. The van der Waals surface area contributed by atoms with Crippen molar-refractivity contribution >= 4 is 36.0 Å². The van der Waals surface area contributed by atoms with E-state index in [2.05, 4.69) is 5.32 Å². The predicted octanol–water partition coefficient (Wildman–Crippen LogP) is 3.47. The minimum atomic E-state index is -4.88. The average molecular weight is 581 g/mol. The first-order valence-corrected chi connectivity index (χ1v) is 12.4. The van der Waals surface area contributed by atoms with Crippen LogP contribution in [0.2, 0.25) is 0 Å². The predicted molar refractivity (Wildman–Crippen MR) is 140 cm³/mol. The van der Waals surface area contributed by atoms with Crippen LogP contribution in [0, 0.1) is 0 Å². The van der Waals surface area contributed by atoms with Gasteiger partial charge in [0.05, 0.1) is 23.4 Å². The Bertz CT molecular complexity index is 1070. The number of carbonyl (C=O) groups excluding carboxylic acids is 2. The Morgan fingerprint density at radius 2 is 2.00 bits per heavy atom. The number of likely N-dealkylation sites (N-methyl/N-ethyl adjacent to an activating group) is 1. The number of nitrogens with one attached hydrogen (secondary N) is 1. The van der Waals surface area contributed by atoms with Crippen LogP contribution in [0.3, 0.4) is 0 Å². The molecule has 1 unspecified atom stereocenters. The summed E-state index contributed by atoms with van der Waals surface area (Å²) in [5.41, 5.74) is -3.47. The molecule has 2 heterocycles. The summed E-state index contributed by atoms with van der Waals surface area (Å²) in [7, 11) is 2.63. The molecule has 0 saturated carbocycles. The van der Waals surface area contributed by atoms with Crippen LogP contribution < -0.4 is 15.0 Å². The lowest BCUT2D eigenvalue weighted by molar-refractivity contribution is -0.140. The number of carbonyl (C=O) groups is 3. The minimum Gasteiger partial charge on any atom is -0.473 e. The summed E-state index contributed by atoms with van der Waals surface area (Å²) in [4.78, 5) is 42.1. The lowest BCUT2D eigenvalue weighted by Crippen LogP contribution is -2.58. The number of rotatable bonds is 8. The molecular formula is C25H36ClF3N4O6. The number of anilines is 1. The van der Waals surface area contributed by atoms with Crippen molar-refractivity contribution in [2.75, 3.05) is 51.8 Å². The molecule has 2 N–H and O–H groups in total. The van der Waals surface area contributed by atoms with Crippen molar-refractivity contribution in [1.29, 1.82) is 0 Å². The second kappa shape index (κ2) is 12.6. The van der Waals surface area contributed by atoms with E-state index < -0.39 is 40.8 Å². The standard InChI is InChI=1S/C25H35F3N4O6.ClH/c1-15(2)32(16-7-6-8-29-13-16)21(33)17-11-19-20(12-18(17)25(26,27)28)38-24(3,14-37-5)22(34)31(19)10-9-30(4)23(35)36;/h11-12,15-16,29H,6-10,13-14H2,1-5H3,(H,35,36);1H/t16-,24?;/m1./s1. The molecule has 0 bridgehead atoms. The highest BCUT2D eigenvalue weighted by molar-refractivity contribution is 6.05. The molecule has 14 heteroatoms. The van der Waals surface area contributed by atoms with Crippen molar-refractivity contribution < 1.29 is 42.1 Å². The average Bonchev–Trinajstić information content (AvgIpc) is 2.83. The van der Waals surface area contributed by atoms with Crippen LogP contribution in [0.5, 0.6) is 5.75 Å². The zero-order valence-electron chi connectivity index (χ0n) is 22.6. The fourth-order valence-electron chi connectivity index (χ4n) is 4.92. The summed E-state index contributed by atoms with van der Waals surface area (Å²) in [6.45, 7) is 5.55. The van der Waals surface area contributed by atoms with Crippen molar-refractivity contribution in [2.45, 2.75) is 57.5 Å². The normalized spacial score (nSPS) is 21.1. The van der Waals surface area contributed by atoms with Crippen LogP contribution in [0.4, 0.5) is 23.7 Å². The van der Waals surface area contributed by atoms with Gasteiger partial charge in [-0.25, -0.2) is 4.79 Å². The van der Waals surface area contributed by atoms with Gasteiger partial charge in [-0.3, -0.25) is 9.59 Å². The monoisotopic (exact) mass is 580 g/mol. The summed E-state index contributed by atoms with van der Waals surface area (Å²) in [6, 6.07) is 1.11. The molecular weight excluding hydrogens is 545 g/mol. The van der Waals surface area contributed by atoms with E-state index in [0.29, 0.717) is 13.0 Å². The Labute approximate surface area is 231 Å². The van der Waals surface area contributed by atoms with Crippen LogP contribution in [0.1, 0.15) is 49.5 Å². The van der Waals surface area contributed by atoms with Crippen molar-refractivity contribution in [1.82, 2.24) is 15.1 Å². The molecule has 0 spiro atoms. The van der Waals surface area contributed by atoms with Gasteiger partial charge in [-0.05, 0) is 52.3 Å². The molecule has 3 rings (SSSR count). The first kappa shape index (κ1) is 32.4. The van der Waals surface area contributed by atoms with E-state index in [4.69, 9.17) is 9.47 Å². The second-order valence-corrected chi connectivity index (χ2v) is 10.1. The van der Waals surface area contributed by atoms with E-state index >= 15 is 0 Å². The zero-order valence-corrected chi connectivity index (χ0v) is 23.4. The first-order chi connectivity index (χ1) is 17.7. The highest BCUT2D eigenvalue weighted by Crippen LogP contribution is 2.44. The molecule has 2 atom stereocenters. The highest BCUT2D eigenvalue weighted by Gasteiger charge is 2.47. The number of nitrogens with zero attached hydrogens (tertiary/aromatic N) is 3. The molecule has 2 aliphatic rings.